The number of hydrogen-bond donors (Lipinski definition) is 2. The Hall–Kier alpha value is -3.39. The van der Waals surface area contributed by atoms with Crippen LogP contribution >= 0.6 is 11.3 Å². The van der Waals surface area contributed by atoms with E-state index in [1.54, 1.807) is 36.4 Å². The van der Waals surface area contributed by atoms with Crippen LogP contribution in [0.3, 0.4) is 0 Å². The van der Waals surface area contributed by atoms with Crippen molar-refractivity contribution < 1.29 is 13.9 Å². The molecule has 0 unspecified atom stereocenters. The number of para-hydroxylation sites is 1. The van der Waals surface area contributed by atoms with Crippen molar-refractivity contribution in [2.75, 3.05) is 0 Å². The third-order valence-corrected chi connectivity index (χ3v) is 4.46. The van der Waals surface area contributed by atoms with E-state index in [0.29, 0.717) is 16.8 Å². The maximum atomic E-state index is 11.8. The third-order valence-electron chi connectivity index (χ3n) is 3.61. The molecule has 0 bridgehead atoms. The Morgan fingerprint density at radius 1 is 1.23 bits per heavy atom. The average molecular weight is 367 g/mol. The van der Waals surface area contributed by atoms with E-state index in [4.69, 9.17) is 9.15 Å². The number of ether oxygens (including phenoxy) is 1. The van der Waals surface area contributed by atoms with Gasteiger partial charge in [0.25, 0.3) is 0 Å². The predicted molar refractivity (Wildman–Crippen MR) is 97.2 cm³/mol. The molecule has 0 aliphatic carbocycles. The van der Waals surface area contributed by atoms with E-state index in [9.17, 15) is 9.59 Å². The molecule has 130 valence electrons. The number of rotatable bonds is 4. The molecular weight excluding hydrogens is 354 g/mol. The minimum absolute atomic E-state index is 0.262. The van der Waals surface area contributed by atoms with Crippen molar-refractivity contribution in [1.82, 2.24) is 15.3 Å². The molecule has 0 spiro atoms. The summed E-state index contributed by atoms with van der Waals surface area (Å²) in [7, 11) is 0. The molecule has 2 N–H and O–H groups in total. The molecule has 26 heavy (non-hydrogen) atoms. The van der Waals surface area contributed by atoms with Gasteiger partial charge in [0.15, 0.2) is 5.58 Å². The van der Waals surface area contributed by atoms with Crippen molar-refractivity contribution in [3.05, 3.63) is 69.5 Å². The van der Waals surface area contributed by atoms with Gasteiger partial charge in [-0.2, -0.15) is 0 Å². The quantitative estimate of drug-likeness (QED) is 0.575. The lowest BCUT2D eigenvalue weighted by molar-refractivity contribution is 0.200. The zero-order valence-corrected chi connectivity index (χ0v) is 14.2. The van der Waals surface area contributed by atoms with E-state index < -0.39 is 11.8 Å². The number of carbonyl (C=O) groups excluding carboxylic acids is 1. The van der Waals surface area contributed by atoms with Crippen molar-refractivity contribution in [2.24, 2.45) is 0 Å². The number of nitrogens with one attached hydrogen (secondary N) is 2. The summed E-state index contributed by atoms with van der Waals surface area (Å²) in [5.41, 5.74) is 2.69. The van der Waals surface area contributed by atoms with Gasteiger partial charge >= 0.3 is 11.8 Å². The summed E-state index contributed by atoms with van der Waals surface area (Å²) < 4.78 is 10.2. The minimum Gasteiger partial charge on any atom is -0.410 e. The molecule has 2 heterocycles. The third kappa shape index (κ3) is 3.50. The van der Waals surface area contributed by atoms with Crippen LogP contribution in [0.5, 0.6) is 5.75 Å². The second-order valence-electron chi connectivity index (χ2n) is 5.41. The first-order valence-corrected chi connectivity index (χ1v) is 8.64. The summed E-state index contributed by atoms with van der Waals surface area (Å²) in [6, 6.07) is 14.2. The van der Waals surface area contributed by atoms with E-state index in [1.807, 2.05) is 17.5 Å². The number of aromatic nitrogens is 2. The Morgan fingerprint density at radius 3 is 2.92 bits per heavy atom. The smallest absolute Gasteiger partial charge is 0.410 e. The van der Waals surface area contributed by atoms with Crippen LogP contribution in [0.2, 0.25) is 0 Å². The normalized spacial score (nSPS) is 10.8. The highest BCUT2D eigenvalue weighted by Crippen LogP contribution is 2.24. The summed E-state index contributed by atoms with van der Waals surface area (Å²) in [6.45, 7) is 0.262. The van der Waals surface area contributed by atoms with Gasteiger partial charge in [-0.1, -0.05) is 24.3 Å². The fourth-order valence-electron chi connectivity index (χ4n) is 2.41. The minimum atomic E-state index is -0.538. The molecule has 0 aliphatic heterocycles. The number of oxazole rings is 1. The van der Waals surface area contributed by atoms with Crippen molar-refractivity contribution >= 4 is 28.5 Å². The molecule has 8 heteroatoms. The van der Waals surface area contributed by atoms with E-state index >= 15 is 0 Å². The first kappa shape index (κ1) is 16.1. The summed E-state index contributed by atoms with van der Waals surface area (Å²) in [6.07, 6.45) is -0.538. The van der Waals surface area contributed by atoms with Crippen LogP contribution in [0.4, 0.5) is 4.79 Å². The Balaban J connectivity index is 1.42. The zero-order chi connectivity index (χ0) is 17.9. The summed E-state index contributed by atoms with van der Waals surface area (Å²) in [4.78, 5) is 30.1. The maximum Gasteiger partial charge on any atom is 0.417 e. The van der Waals surface area contributed by atoms with Crippen LogP contribution in [-0.2, 0) is 6.54 Å². The topological polar surface area (TPSA) is 97.2 Å². The highest BCUT2D eigenvalue weighted by Gasteiger charge is 2.10. The molecule has 4 aromatic rings. The number of fused-ring (bicyclic) bond motifs is 1. The molecular formula is C18H13N3O4S. The Kier molecular flexibility index (Phi) is 4.24. The van der Waals surface area contributed by atoms with Crippen LogP contribution in [0, 0.1) is 0 Å². The largest absolute Gasteiger partial charge is 0.417 e. The van der Waals surface area contributed by atoms with Crippen molar-refractivity contribution in [3.63, 3.8) is 0 Å². The van der Waals surface area contributed by atoms with Gasteiger partial charge in [0.05, 0.1) is 17.8 Å². The van der Waals surface area contributed by atoms with Gasteiger partial charge in [0, 0.05) is 10.9 Å². The van der Waals surface area contributed by atoms with Crippen molar-refractivity contribution in [1.29, 1.82) is 0 Å². The van der Waals surface area contributed by atoms with Crippen LogP contribution in [0.25, 0.3) is 22.4 Å². The fraction of sp³-hybridized carbons (Fsp3) is 0.0556. The summed E-state index contributed by atoms with van der Waals surface area (Å²) in [5, 5.41) is 5.28. The van der Waals surface area contributed by atoms with Gasteiger partial charge in [-0.25, -0.2) is 14.6 Å². The van der Waals surface area contributed by atoms with Gasteiger partial charge in [-0.3, -0.25) is 4.98 Å². The Labute approximate surface area is 151 Å². The Bertz CT molecular complexity index is 1110. The van der Waals surface area contributed by atoms with E-state index in [1.165, 1.54) is 11.3 Å². The van der Waals surface area contributed by atoms with Gasteiger partial charge in [-0.05, 0) is 24.3 Å². The number of nitrogens with zero attached hydrogens (tertiary/aromatic N) is 1. The molecule has 0 saturated heterocycles. The standard InChI is InChI=1S/C18H13N3O4S/c22-17(24-12-4-2-1-3-5-12)19-9-16-20-14(10-26-16)11-6-7-13-15(8-11)25-18(23)21-13/h1-8,10H,9H2,(H,19,22)(H,21,23). The van der Waals surface area contributed by atoms with Crippen LogP contribution in [0.1, 0.15) is 5.01 Å². The molecule has 0 saturated carbocycles. The maximum absolute atomic E-state index is 11.8. The van der Waals surface area contributed by atoms with E-state index in [0.717, 1.165) is 16.3 Å². The van der Waals surface area contributed by atoms with Crippen LogP contribution in [0.15, 0.2) is 63.1 Å². The number of thiazole rings is 1. The molecule has 2 aromatic carbocycles. The van der Waals surface area contributed by atoms with Gasteiger partial charge in [0.1, 0.15) is 10.8 Å². The van der Waals surface area contributed by atoms with Gasteiger partial charge in [0.2, 0.25) is 0 Å². The zero-order valence-electron chi connectivity index (χ0n) is 13.4. The first-order valence-electron chi connectivity index (χ1n) is 7.76. The average Bonchev–Trinajstić information content (AvgIpc) is 3.25. The Morgan fingerprint density at radius 2 is 2.08 bits per heavy atom. The molecule has 0 aliphatic rings. The SMILES string of the molecule is O=C(NCc1nc(-c2ccc3[nH]c(=O)oc3c2)cs1)Oc1ccccc1. The van der Waals surface area contributed by atoms with Crippen molar-refractivity contribution in [3.8, 4) is 17.0 Å². The molecule has 0 atom stereocenters. The lowest BCUT2D eigenvalue weighted by Gasteiger charge is -2.04. The van der Waals surface area contributed by atoms with Crippen LogP contribution in [-0.4, -0.2) is 16.1 Å². The molecule has 2 aromatic heterocycles. The number of hydrogen-bond acceptors (Lipinski definition) is 6. The molecule has 0 radical (unpaired) electrons. The van der Waals surface area contributed by atoms with Crippen LogP contribution < -0.4 is 15.8 Å². The number of benzene rings is 2. The number of H-pyrrole nitrogens is 1. The fourth-order valence-corrected chi connectivity index (χ4v) is 3.15. The highest BCUT2D eigenvalue weighted by molar-refractivity contribution is 7.09. The highest BCUT2D eigenvalue weighted by atomic mass is 32.1. The molecule has 0 fully saturated rings. The van der Waals surface area contributed by atoms with Gasteiger partial charge < -0.3 is 14.5 Å². The number of aromatic amines is 1. The summed E-state index contributed by atoms with van der Waals surface area (Å²) >= 11 is 1.42. The van der Waals surface area contributed by atoms with E-state index in [-0.39, 0.29) is 6.54 Å². The summed E-state index contributed by atoms with van der Waals surface area (Å²) in [5.74, 6) is -0.0108. The molecule has 7 nitrogen and oxygen atoms in total. The van der Waals surface area contributed by atoms with Gasteiger partial charge in [-0.15, -0.1) is 11.3 Å². The lowest BCUT2D eigenvalue weighted by Crippen LogP contribution is -2.26. The predicted octanol–water partition coefficient (Wildman–Crippen LogP) is 3.53. The second kappa shape index (κ2) is 6.85. The molecule has 4 rings (SSSR count). The van der Waals surface area contributed by atoms with Crippen molar-refractivity contribution in [2.45, 2.75) is 6.54 Å². The van der Waals surface area contributed by atoms with E-state index in [2.05, 4.69) is 15.3 Å². The second-order valence-corrected chi connectivity index (χ2v) is 6.35. The first-order chi connectivity index (χ1) is 12.7. The lowest BCUT2D eigenvalue weighted by atomic mass is 10.1. The molecule has 1 amide bonds. The monoisotopic (exact) mass is 367 g/mol. The number of carbonyl (C=O) groups is 1. The number of amides is 1.